The fourth-order valence-electron chi connectivity index (χ4n) is 0.684. The number of anilines is 1. The summed E-state index contributed by atoms with van der Waals surface area (Å²) in [5, 5.41) is 11.8. The van der Waals surface area contributed by atoms with Crippen LogP contribution in [0.15, 0.2) is 24.3 Å². The van der Waals surface area contributed by atoms with Gasteiger partial charge in [-0.25, -0.2) is 14.3 Å². The molecule has 3 nitrogen and oxygen atoms in total. The van der Waals surface area contributed by atoms with E-state index in [1.807, 2.05) is 5.32 Å². The van der Waals surface area contributed by atoms with Crippen LogP contribution in [-0.2, 0) is 5.11 Å². The van der Waals surface area contributed by atoms with Crippen LogP contribution in [0.25, 0.3) is 0 Å². The van der Waals surface area contributed by atoms with Crippen LogP contribution in [0.4, 0.5) is 14.9 Å². The Morgan fingerprint density at radius 2 is 2.18 bits per heavy atom. The molecule has 0 atom stereocenters. The Bertz CT molecular complexity index is 275. The zero-order chi connectivity index (χ0) is 8.27. The highest BCUT2D eigenvalue weighted by Gasteiger charge is 1.99. The van der Waals surface area contributed by atoms with E-state index in [0.29, 0.717) is 0 Å². The summed E-state index contributed by atoms with van der Waals surface area (Å²) < 4.78 is 12.4. The van der Waals surface area contributed by atoms with Gasteiger partial charge in [-0.2, -0.15) is 0 Å². The summed E-state index contributed by atoms with van der Waals surface area (Å²) in [7, 11) is 0. The van der Waals surface area contributed by atoms with Crippen molar-refractivity contribution in [3.63, 3.8) is 0 Å². The third-order valence-corrected chi connectivity index (χ3v) is 1.07. The highest BCUT2D eigenvalue weighted by Crippen LogP contribution is 2.08. The molecule has 0 aliphatic carbocycles. The molecule has 1 amide bonds. The Balaban J connectivity index is 2.79. The summed E-state index contributed by atoms with van der Waals surface area (Å²) in [4.78, 5) is 9.94. The number of hydrogen-bond acceptors (Lipinski definition) is 1. The SMILES string of the molecule is [O]C(=O)Nc1cccc(F)c1. The Morgan fingerprint density at radius 1 is 1.45 bits per heavy atom. The lowest BCUT2D eigenvalue weighted by Crippen LogP contribution is -2.05. The molecule has 0 heterocycles. The molecule has 1 aromatic rings. The maximum absolute atomic E-state index is 12.4. The van der Waals surface area contributed by atoms with Crippen LogP contribution in [0.5, 0.6) is 0 Å². The van der Waals surface area contributed by atoms with Crippen LogP contribution in [-0.4, -0.2) is 6.09 Å². The van der Waals surface area contributed by atoms with Crippen LogP contribution in [0.1, 0.15) is 0 Å². The van der Waals surface area contributed by atoms with E-state index < -0.39 is 11.9 Å². The van der Waals surface area contributed by atoms with E-state index in [-0.39, 0.29) is 5.69 Å². The molecular weight excluding hydrogens is 149 g/mol. The summed E-state index contributed by atoms with van der Waals surface area (Å²) >= 11 is 0. The summed E-state index contributed by atoms with van der Waals surface area (Å²) in [5.41, 5.74) is 0.171. The van der Waals surface area contributed by atoms with Gasteiger partial charge in [-0.15, -0.1) is 0 Å². The maximum atomic E-state index is 12.4. The molecule has 1 aromatic carbocycles. The molecule has 0 aliphatic rings. The van der Waals surface area contributed by atoms with Crippen molar-refractivity contribution in [3.05, 3.63) is 30.1 Å². The first-order chi connectivity index (χ1) is 5.18. The average molecular weight is 154 g/mol. The number of carbonyl (C=O) groups excluding carboxylic acids is 1. The third-order valence-electron chi connectivity index (χ3n) is 1.07. The minimum Gasteiger partial charge on any atom is -0.288 e. The largest absolute Gasteiger partial charge is 0.454 e. The summed E-state index contributed by atoms with van der Waals surface area (Å²) in [6.45, 7) is 0. The first-order valence-corrected chi connectivity index (χ1v) is 2.92. The Morgan fingerprint density at radius 3 is 2.73 bits per heavy atom. The molecule has 57 valence electrons. The van der Waals surface area contributed by atoms with Crippen LogP contribution < -0.4 is 5.32 Å². The second-order valence-electron chi connectivity index (χ2n) is 1.92. The van der Waals surface area contributed by atoms with E-state index in [2.05, 4.69) is 0 Å². The van der Waals surface area contributed by atoms with Gasteiger partial charge in [0.05, 0.1) is 0 Å². The lowest BCUT2D eigenvalue weighted by atomic mass is 10.3. The van der Waals surface area contributed by atoms with Gasteiger partial charge >= 0.3 is 6.09 Å². The van der Waals surface area contributed by atoms with Crippen molar-refractivity contribution in [3.8, 4) is 0 Å². The molecule has 0 bridgehead atoms. The summed E-state index contributed by atoms with van der Waals surface area (Å²) in [5.74, 6) is -0.490. The first-order valence-electron chi connectivity index (χ1n) is 2.92. The highest BCUT2D eigenvalue weighted by molar-refractivity contribution is 5.82. The van der Waals surface area contributed by atoms with Gasteiger partial charge in [0.25, 0.3) is 0 Å². The number of rotatable bonds is 1. The van der Waals surface area contributed by atoms with E-state index in [1.165, 1.54) is 18.2 Å². The molecule has 1 radical (unpaired) electrons. The van der Waals surface area contributed by atoms with E-state index in [4.69, 9.17) is 0 Å². The summed E-state index contributed by atoms with van der Waals surface area (Å²) in [6.07, 6.45) is -1.45. The fraction of sp³-hybridized carbons (Fsp3) is 0. The van der Waals surface area contributed by atoms with Gasteiger partial charge in [0.1, 0.15) is 5.82 Å². The molecule has 0 fully saturated rings. The van der Waals surface area contributed by atoms with Crippen molar-refractivity contribution in [1.29, 1.82) is 0 Å². The van der Waals surface area contributed by atoms with Gasteiger partial charge in [-0.3, -0.25) is 5.32 Å². The zero-order valence-corrected chi connectivity index (χ0v) is 5.50. The van der Waals surface area contributed by atoms with Gasteiger partial charge < -0.3 is 0 Å². The Hall–Kier alpha value is -1.58. The monoisotopic (exact) mass is 154 g/mol. The Kier molecular flexibility index (Phi) is 2.06. The van der Waals surface area contributed by atoms with Crippen molar-refractivity contribution < 1.29 is 14.3 Å². The minimum atomic E-state index is -1.45. The Labute approximate surface area is 62.5 Å². The van der Waals surface area contributed by atoms with Crippen LogP contribution >= 0.6 is 0 Å². The van der Waals surface area contributed by atoms with Gasteiger partial charge in [0, 0.05) is 5.69 Å². The van der Waals surface area contributed by atoms with Gasteiger partial charge in [-0.1, -0.05) is 6.07 Å². The molecule has 0 saturated carbocycles. The number of amides is 1. The second kappa shape index (κ2) is 3.01. The van der Waals surface area contributed by atoms with E-state index in [1.54, 1.807) is 0 Å². The molecule has 0 saturated heterocycles. The molecule has 11 heavy (non-hydrogen) atoms. The summed E-state index contributed by atoms with van der Waals surface area (Å²) in [6, 6.07) is 5.12. The molecule has 4 heteroatoms. The van der Waals surface area contributed by atoms with Crippen molar-refractivity contribution >= 4 is 11.8 Å². The molecule has 1 N–H and O–H groups in total. The smallest absolute Gasteiger partial charge is 0.288 e. The number of carbonyl (C=O) groups is 1. The quantitative estimate of drug-likeness (QED) is 0.658. The lowest BCUT2D eigenvalue weighted by molar-refractivity contribution is 0.185. The van der Waals surface area contributed by atoms with E-state index >= 15 is 0 Å². The molecule has 0 unspecified atom stereocenters. The standard InChI is InChI=1S/C7H5FNO2/c8-5-2-1-3-6(4-5)9-7(10)11/h1-4,9H. The number of halogens is 1. The van der Waals surface area contributed by atoms with Crippen LogP contribution in [0, 0.1) is 5.82 Å². The third kappa shape index (κ3) is 2.25. The number of nitrogens with one attached hydrogen (secondary N) is 1. The molecule has 0 spiro atoms. The fourth-order valence-corrected chi connectivity index (χ4v) is 0.684. The van der Waals surface area contributed by atoms with E-state index in [9.17, 15) is 14.3 Å². The maximum Gasteiger partial charge on any atom is 0.454 e. The minimum absolute atomic E-state index is 0.171. The normalized spacial score (nSPS) is 9.18. The number of benzene rings is 1. The topological polar surface area (TPSA) is 49.0 Å². The first kappa shape index (κ1) is 7.53. The number of hydrogen-bond donors (Lipinski definition) is 1. The highest BCUT2D eigenvalue weighted by atomic mass is 19.1. The van der Waals surface area contributed by atoms with Crippen molar-refractivity contribution in [2.75, 3.05) is 5.32 Å². The molecular formula is C7H5FNO2. The second-order valence-corrected chi connectivity index (χ2v) is 1.92. The zero-order valence-electron chi connectivity index (χ0n) is 5.50. The predicted octanol–water partition coefficient (Wildman–Crippen LogP) is 1.79. The lowest BCUT2D eigenvalue weighted by Gasteiger charge is -1.96. The van der Waals surface area contributed by atoms with Gasteiger partial charge in [-0.05, 0) is 18.2 Å². The van der Waals surface area contributed by atoms with Crippen molar-refractivity contribution in [2.24, 2.45) is 0 Å². The molecule has 0 aliphatic heterocycles. The van der Waals surface area contributed by atoms with Crippen LogP contribution in [0.2, 0.25) is 0 Å². The average Bonchev–Trinajstić information content (AvgIpc) is 1.85. The van der Waals surface area contributed by atoms with Gasteiger partial charge in [0.2, 0.25) is 0 Å². The van der Waals surface area contributed by atoms with Crippen molar-refractivity contribution in [1.82, 2.24) is 0 Å². The van der Waals surface area contributed by atoms with E-state index in [0.717, 1.165) is 6.07 Å². The van der Waals surface area contributed by atoms with Crippen molar-refractivity contribution in [2.45, 2.75) is 0 Å². The van der Waals surface area contributed by atoms with Gasteiger partial charge in [0.15, 0.2) is 0 Å². The van der Waals surface area contributed by atoms with Crippen LogP contribution in [0.3, 0.4) is 0 Å². The predicted molar refractivity (Wildman–Crippen MR) is 36.1 cm³/mol. The molecule has 1 rings (SSSR count). The molecule has 0 aromatic heterocycles.